The summed E-state index contributed by atoms with van der Waals surface area (Å²) in [6.45, 7) is 8.09. The lowest BCUT2D eigenvalue weighted by Gasteiger charge is -2.15. The Balaban J connectivity index is 2.14. The molecule has 2 aromatic heterocycles. The molecule has 2 aromatic rings. The van der Waals surface area contributed by atoms with Gasteiger partial charge in [-0.25, -0.2) is 9.37 Å². The Morgan fingerprint density at radius 2 is 2.15 bits per heavy atom. The molecule has 2 heterocycles. The minimum atomic E-state index is -1.08. The van der Waals surface area contributed by atoms with E-state index in [4.69, 9.17) is 16.3 Å². The van der Waals surface area contributed by atoms with Crippen molar-refractivity contribution < 1.29 is 9.13 Å². The van der Waals surface area contributed by atoms with Crippen LogP contribution in [0.5, 0.6) is 0 Å². The number of aromatic nitrogens is 2. The Morgan fingerprint density at radius 3 is 2.80 bits per heavy atom. The molecule has 0 atom stereocenters. The van der Waals surface area contributed by atoms with Gasteiger partial charge in [0.05, 0.1) is 16.6 Å². The van der Waals surface area contributed by atoms with Gasteiger partial charge in [-0.15, -0.1) is 0 Å². The maximum atomic E-state index is 13.4. The highest BCUT2D eigenvalue weighted by atomic mass is 127. The molecular weight excluding hydrogens is 410 g/mol. The molecule has 20 heavy (non-hydrogen) atoms. The highest BCUT2D eigenvalue weighted by Crippen LogP contribution is 2.30. The van der Waals surface area contributed by atoms with Crippen LogP contribution in [0.1, 0.15) is 0 Å². The molecule has 0 aliphatic rings. The summed E-state index contributed by atoms with van der Waals surface area (Å²) in [5.74, 6) is -0.491. The number of nitrogens with zero attached hydrogens (tertiary/aromatic N) is 2. The van der Waals surface area contributed by atoms with Crippen molar-refractivity contribution in [3.05, 3.63) is 26.8 Å². The molecule has 2 rings (SSSR count). The first kappa shape index (κ1) is 16.2. The minimum absolute atomic E-state index is 0.125. The average Bonchev–Trinajstić information content (AvgIpc) is 2.66. The first-order valence-electron chi connectivity index (χ1n) is 6.36. The van der Waals surface area contributed by atoms with Gasteiger partial charge in [0, 0.05) is 24.4 Å². The molecule has 0 saturated carbocycles. The number of halogens is 3. The van der Waals surface area contributed by atoms with Crippen LogP contribution in [-0.4, -0.2) is 24.2 Å². The van der Waals surface area contributed by atoms with E-state index in [1.54, 1.807) is 0 Å². The van der Waals surface area contributed by atoms with E-state index in [1.165, 1.54) is 0 Å². The summed E-state index contributed by atoms with van der Waals surface area (Å²) >= 11 is 8.13. The predicted molar refractivity (Wildman–Crippen MR) is 91.5 cm³/mol. The quantitative estimate of drug-likeness (QED) is 0.392. The number of rotatable bonds is 5. The Kier molecular flexibility index (Phi) is 5.09. The van der Waals surface area contributed by atoms with E-state index in [0.29, 0.717) is 17.8 Å². The van der Waals surface area contributed by atoms with Crippen molar-refractivity contribution >= 4 is 53.3 Å². The molecule has 0 unspecified atom stereocenters. The average molecular weight is 427 g/mol. The van der Waals surface area contributed by atoms with Crippen molar-refractivity contribution in [1.29, 1.82) is 0 Å². The van der Waals surface area contributed by atoms with E-state index >= 15 is 0 Å². The fourth-order valence-corrected chi connectivity index (χ4v) is 3.79. The fourth-order valence-electron chi connectivity index (χ4n) is 1.79. The van der Waals surface area contributed by atoms with E-state index in [1.807, 2.05) is 10.8 Å². The maximum Gasteiger partial charge on any atom is 0.160 e. The zero-order valence-corrected chi connectivity index (χ0v) is 15.6. The Morgan fingerprint density at radius 1 is 1.45 bits per heavy atom. The van der Waals surface area contributed by atoms with Crippen LogP contribution in [0.15, 0.2) is 12.4 Å². The first-order chi connectivity index (χ1) is 9.29. The number of fused-ring (bicyclic) bond motifs is 1. The lowest BCUT2D eigenvalue weighted by Crippen LogP contribution is -2.22. The Labute approximate surface area is 137 Å². The minimum Gasteiger partial charge on any atom is -0.361 e. The van der Waals surface area contributed by atoms with Gasteiger partial charge in [-0.05, 0) is 28.6 Å². The standard InChI is InChI=1S/C13H17ClFIN2OSi/c1-20(2,3)5-4-19-8-18-7-10(16)11-12(14)9(15)6-17-13(11)18/h6-7H,4-5,8H2,1-3H3. The molecule has 3 nitrogen and oxygen atoms in total. The van der Waals surface area contributed by atoms with Gasteiger partial charge in [-0.2, -0.15) is 0 Å². The number of pyridine rings is 1. The van der Waals surface area contributed by atoms with Crippen LogP contribution in [-0.2, 0) is 11.5 Å². The summed E-state index contributed by atoms with van der Waals surface area (Å²) in [5, 5.41) is 0.779. The zero-order chi connectivity index (χ0) is 14.9. The largest absolute Gasteiger partial charge is 0.361 e. The lowest BCUT2D eigenvalue weighted by atomic mass is 10.3. The van der Waals surface area contributed by atoms with Gasteiger partial charge in [0.2, 0.25) is 0 Å². The molecule has 0 bridgehead atoms. The third-order valence-electron chi connectivity index (χ3n) is 2.96. The van der Waals surface area contributed by atoms with E-state index < -0.39 is 13.9 Å². The molecule has 0 amide bonds. The van der Waals surface area contributed by atoms with Gasteiger partial charge in [-0.3, -0.25) is 0 Å². The second-order valence-corrected chi connectivity index (χ2v) is 13.1. The second kappa shape index (κ2) is 6.29. The molecule has 0 aliphatic carbocycles. The zero-order valence-electron chi connectivity index (χ0n) is 11.7. The third-order valence-corrected chi connectivity index (χ3v) is 5.85. The topological polar surface area (TPSA) is 27.1 Å². The maximum absolute atomic E-state index is 13.4. The van der Waals surface area contributed by atoms with Crippen LogP contribution < -0.4 is 0 Å². The summed E-state index contributed by atoms with van der Waals surface area (Å²) in [7, 11) is -1.08. The van der Waals surface area contributed by atoms with Crippen LogP contribution in [0.3, 0.4) is 0 Å². The molecule has 0 spiro atoms. The molecule has 7 heteroatoms. The number of hydrogen-bond donors (Lipinski definition) is 0. The fraction of sp³-hybridized carbons (Fsp3) is 0.462. The van der Waals surface area contributed by atoms with Gasteiger partial charge in [-0.1, -0.05) is 31.2 Å². The molecule has 0 N–H and O–H groups in total. The predicted octanol–water partition coefficient (Wildman–Crippen LogP) is 4.75. The van der Waals surface area contributed by atoms with E-state index in [9.17, 15) is 4.39 Å². The van der Waals surface area contributed by atoms with Gasteiger partial charge in [0.15, 0.2) is 5.82 Å². The van der Waals surface area contributed by atoms with Crippen molar-refractivity contribution in [1.82, 2.24) is 9.55 Å². The van der Waals surface area contributed by atoms with Gasteiger partial charge < -0.3 is 9.30 Å². The lowest BCUT2D eigenvalue weighted by molar-refractivity contribution is 0.0898. The smallest absolute Gasteiger partial charge is 0.160 e. The molecule has 0 aromatic carbocycles. The van der Waals surface area contributed by atoms with Crippen molar-refractivity contribution in [2.75, 3.05) is 6.61 Å². The molecule has 0 fully saturated rings. The van der Waals surface area contributed by atoms with Crippen molar-refractivity contribution in [3.63, 3.8) is 0 Å². The second-order valence-electron chi connectivity index (χ2n) is 5.91. The van der Waals surface area contributed by atoms with Crippen LogP contribution >= 0.6 is 34.2 Å². The summed E-state index contributed by atoms with van der Waals surface area (Å²) in [4.78, 5) is 4.12. The summed E-state index contributed by atoms with van der Waals surface area (Å²) in [6, 6.07) is 1.12. The van der Waals surface area contributed by atoms with Gasteiger partial charge >= 0.3 is 0 Å². The third kappa shape index (κ3) is 3.72. The van der Waals surface area contributed by atoms with Crippen LogP contribution in [0.25, 0.3) is 11.0 Å². The van der Waals surface area contributed by atoms with Crippen LogP contribution in [0.4, 0.5) is 4.39 Å². The first-order valence-corrected chi connectivity index (χ1v) is 11.5. The molecule has 0 radical (unpaired) electrons. The van der Waals surface area contributed by atoms with Crippen LogP contribution in [0.2, 0.25) is 30.7 Å². The molecule has 0 aliphatic heterocycles. The van der Waals surface area contributed by atoms with E-state index in [2.05, 4.69) is 47.2 Å². The Hall–Kier alpha value is -0.183. The Bertz CT molecular complexity index is 627. The molecular formula is C13H17ClFIN2OSi. The van der Waals surface area contributed by atoms with Crippen molar-refractivity contribution in [2.24, 2.45) is 0 Å². The normalized spacial score (nSPS) is 12.3. The summed E-state index contributed by atoms with van der Waals surface area (Å²) in [6.07, 6.45) is 3.04. The van der Waals surface area contributed by atoms with Gasteiger partial charge in [0.1, 0.15) is 12.4 Å². The van der Waals surface area contributed by atoms with E-state index in [-0.39, 0.29) is 5.02 Å². The highest BCUT2D eigenvalue weighted by Gasteiger charge is 2.15. The van der Waals surface area contributed by atoms with E-state index in [0.717, 1.165) is 22.4 Å². The molecule has 110 valence electrons. The SMILES string of the molecule is C[Si](C)(C)CCOCn1cc(I)c2c(Cl)c(F)cnc21. The summed E-state index contributed by atoms with van der Waals surface area (Å²) in [5.41, 5.74) is 0.661. The van der Waals surface area contributed by atoms with Crippen molar-refractivity contribution in [2.45, 2.75) is 32.4 Å². The van der Waals surface area contributed by atoms with Gasteiger partial charge in [0.25, 0.3) is 0 Å². The number of ether oxygens (including phenoxy) is 1. The van der Waals surface area contributed by atoms with Crippen molar-refractivity contribution in [3.8, 4) is 0 Å². The monoisotopic (exact) mass is 426 g/mol. The highest BCUT2D eigenvalue weighted by molar-refractivity contribution is 14.1. The number of hydrogen-bond acceptors (Lipinski definition) is 2. The summed E-state index contributed by atoms with van der Waals surface area (Å²) < 4.78 is 21.9. The van der Waals surface area contributed by atoms with Crippen LogP contribution in [0, 0.1) is 9.39 Å². The molecule has 0 saturated heterocycles.